The van der Waals surface area contributed by atoms with E-state index in [4.69, 9.17) is 0 Å². The van der Waals surface area contributed by atoms with E-state index in [1.54, 1.807) is 12.1 Å². The first-order chi connectivity index (χ1) is 12.5. The van der Waals surface area contributed by atoms with Gasteiger partial charge in [0, 0.05) is 25.6 Å². The first-order valence-corrected chi connectivity index (χ1v) is 10.4. The monoisotopic (exact) mass is 372 g/mol. The van der Waals surface area contributed by atoms with Gasteiger partial charge in [0.05, 0.1) is 4.90 Å². The van der Waals surface area contributed by atoms with Crippen molar-refractivity contribution in [2.24, 2.45) is 0 Å². The van der Waals surface area contributed by atoms with E-state index >= 15 is 0 Å². The molecule has 0 aromatic heterocycles. The Morgan fingerprint density at radius 1 is 1.08 bits per heavy atom. The number of likely N-dealkylation sites (tertiary alicyclic amines) is 1. The lowest BCUT2D eigenvalue weighted by Gasteiger charge is -2.16. The topological polar surface area (TPSA) is 66.5 Å². The molecule has 0 radical (unpaired) electrons. The predicted molar refractivity (Wildman–Crippen MR) is 101 cm³/mol. The van der Waals surface area contributed by atoms with Gasteiger partial charge in [0.25, 0.3) is 0 Å². The van der Waals surface area contributed by atoms with Crippen LogP contribution >= 0.6 is 0 Å². The van der Waals surface area contributed by atoms with Crippen molar-refractivity contribution in [3.8, 4) is 0 Å². The van der Waals surface area contributed by atoms with Crippen LogP contribution in [0.3, 0.4) is 0 Å². The minimum atomic E-state index is -3.58. The second-order valence-electron chi connectivity index (χ2n) is 6.63. The van der Waals surface area contributed by atoms with E-state index in [9.17, 15) is 13.2 Å². The van der Waals surface area contributed by atoms with Gasteiger partial charge in [0.15, 0.2) is 0 Å². The lowest BCUT2D eigenvalue weighted by Crippen LogP contribution is -2.27. The molecule has 5 nitrogen and oxygen atoms in total. The molecule has 1 aliphatic rings. The third-order valence-corrected chi connectivity index (χ3v) is 6.26. The van der Waals surface area contributed by atoms with Crippen LogP contribution in [0.2, 0.25) is 0 Å². The third-order valence-electron chi connectivity index (χ3n) is 4.71. The Labute approximate surface area is 155 Å². The second kappa shape index (κ2) is 8.01. The molecule has 1 aliphatic heterocycles. The summed E-state index contributed by atoms with van der Waals surface area (Å²) >= 11 is 0. The van der Waals surface area contributed by atoms with Crippen molar-refractivity contribution < 1.29 is 13.2 Å². The summed E-state index contributed by atoms with van der Waals surface area (Å²) < 4.78 is 27.9. The van der Waals surface area contributed by atoms with Crippen LogP contribution in [0.4, 0.5) is 0 Å². The van der Waals surface area contributed by atoms with Crippen molar-refractivity contribution in [1.29, 1.82) is 0 Å². The number of amides is 1. The van der Waals surface area contributed by atoms with E-state index in [1.807, 2.05) is 54.3 Å². The Bertz CT molecular complexity index is 848. The standard InChI is InChI=1S/C20H24N2O3S/c1-16(18-6-3-2-4-7-18)21-26(24,25)19-11-9-17(10-12-19)13-15-22-14-5-8-20(22)23/h2-4,6-7,9-12,16,21H,5,8,13-15H2,1H3. The average Bonchev–Trinajstić information content (AvgIpc) is 3.05. The van der Waals surface area contributed by atoms with Gasteiger partial charge in [-0.15, -0.1) is 0 Å². The molecule has 0 aliphatic carbocycles. The van der Waals surface area contributed by atoms with Crippen LogP contribution in [-0.2, 0) is 21.2 Å². The normalized spacial score (nSPS) is 16.0. The van der Waals surface area contributed by atoms with Crippen LogP contribution in [0.1, 0.15) is 36.9 Å². The maximum absolute atomic E-state index is 12.6. The van der Waals surface area contributed by atoms with E-state index in [-0.39, 0.29) is 16.8 Å². The number of hydrogen-bond acceptors (Lipinski definition) is 3. The highest BCUT2D eigenvalue weighted by Crippen LogP contribution is 2.18. The Balaban J connectivity index is 1.62. The number of rotatable bonds is 7. The fraction of sp³-hybridized carbons (Fsp3) is 0.350. The van der Waals surface area contributed by atoms with E-state index in [2.05, 4.69) is 4.72 Å². The number of sulfonamides is 1. The van der Waals surface area contributed by atoms with E-state index in [1.165, 1.54) is 0 Å². The summed E-state index contributed by atoms with van der Waals surface area (Å²) in [5.41, 5.74) is 1.95. The highest BCUT2D eigenvalue weighted by atomic mass is 32.2. The Morgan fingerprint density at radius 3 is 2.38 bits per heavy atom. The summed E-state index contributed by atoms with van der Waals surface area (Å²) in [5, 5.41) is 0. The maximum Gasteiger partial charge on any atom is 0.241 e. The first kappa shape index (κ1) is 18.6. The summed E-state index contributed by atoms with van der Waals surface area (Å²) in [6, 6.07) is 16.1. The highest BCUT2D eigenvalue weighted by molar-refractivity contribution is 7.89. The van der Waals surface area contributed by atoms with Crippen molar-refractivity contribution in [3.05, 3.63) is 65.7 Å². The molecular formula is C20H24N2O3S. The van der Waals surface area contributed by atoms with Crippen LogP contribution in [-0.4, -0.2) is 32.3 Å². The molecule has 0 spiro atoms. The van der Waals surface area contributed by atoms with Gasteiger partial charge in [-0.3, -0.25) is 4.79 Å². The van der Waals surface area contributed by atoms with Crippen LogP contribution in [0.5, 0.6) is 0 Å². The number of hydrogen-bond donors (Lipinski definition) is 1. The number of benzene rings is 2. The molecule has 0 saturated carbocycles. The summed E-state index contributed by atoms with van der Waals surface area (Å²) in [7, 11) is -3.58. The zero-order valence-corrected chi connectivity index (χ0v) is 15.7. The molecule has 1 saturated heterocycles. The van der Waals surface area contributed by atoms with Crippen LogP contribution < -0.4 is 4.72 Å². The van der Waals surface area contributed by atoms with Crippen molar-refractivity contribution in [3.63, 3.8) is 0 Å². The van der Waals surface area contributed by atoms with Crippen molar-refractivity contribution in [1.82, 2.24) is 9.62 Å². The molecule has 138 valence electrons. The number of nitrogens with one attached hydrogen (secondary N) is 1. The molecule has 6 heteroatoms. The van der Waals surface area contributed by atoms with Gasteiger partial charge in [0.2, 0.25) is 15.9 Å². The van der Waals surface area contributed by atoms with Crippen molar-refractivity contribution in [2.75, 3.05) is 13.1 Å². The van der Waals surface area contributed by atoms with E-state index in [0.29, 0.717) is 13.0 Å². The van der Waals surface area contributed by atoms with E-state index < -0.39 is 10.0 Å². The maximum atomic E-state index is 12.6. The average molecular weight is 372 g/mol. The number of carbonyl (C=O) groups is 1. The first-order valence-electron chi connectivity index (χ1n) is 8.90. The quantitative estimate of drug-likeness (QED) is 0.813. The lowest BCUT2D eigenvalue weighted by molar-refractivity contribution is -0.127. The largest absolute Gasteiger partial charge is 0.342 e. The molecule has 1 heterocycles. The second-order valence-corrected chi connectivity index (χ2v) is 8.35. The molecule has 1 fully saturated rings. The number of nitrogens with zero attached hydrogens (tertiary/aromatic N) is 1. The Morgan fingerprint density at radius 2 is 1.77 bits per heavy atom. The van der Waals surface area contributed by atoms with Gasteiger partial charge in [-0.05, 0) is 43.0 Å². The highest BCUT2D eigenvalue weighted by Gasteiger charge is 2.20. The van der Waals surface area contributed by atoms with Crippen molar-refractivity contribution >= 4 is 15.9 Å². The van der Waals surface area contributed by atoms with Gasteiger partial charge in [0.1, 0.15) is 0 Å². The van der Waals surface area contributed by atoms with Gasteiger partial charge in [-0.2, -0.15) is 0 Å². The van der Waals surface area contributed by atoms with Gasteiger partial charge < -0.3 is 4.90 Å². The minimum absolute atomic E-state index is 0.211. The van der Waals surface area contributed by atoms with E-state index in [0.717, 1.165) is 30.5 Å². The Kier molecular flexibility index (Phi) is 5.74. The number of carbonyl (C=O) groups excluding carboxylic acids is 1. The molecule has 0 bridgehead atoms. The van der Waals surface area contributed by atoms with Gasteiger partial charge >= 0.3 is 0 Å². The molecular weight excluding hydrogens is 348 g/mol. The molecule has 2 aromatic carbocycles. The molecule has 1 unspecified atom stereocenters. The summed E-state index contributed by atoms with van der Waals surface area (Å²) in [4.78, 5) is 13.8. The molecule has 3 rings (SSSR count). The summed E-state index contributed by atoms with van der Waals surface area (Å²) in [6.45, 7) is 3.34. The fourth-order valence-electron chi connectivity index (χ4n) is 3.15. The third kappa shape index (κ3) is 4.51. The van der Waals surface area contributed by atoms with Crippen molar-refractivity contribution in [2.45, 2.75) is 37.1 Å². The Hall–Kier alpha value is -2.18. The van der Waals surface area contributed by atoms with Gasteiger partial charge in [-0.25, -0.2) is 13.1 Å². The molecule has 26 heavy (non-hydrogen) atoms. The van der Waals surface area contributed by atoms with Crippen LogP contribution in [0.25, 0.3) is 0 Å². The summed E-state index contributed by atoms with van der Waals surface area (Å²) in [5.74, 6) is 0.211. The predicted octanol–water partition coefficient (Wildman–Crippen LogP) is 2.89. The van der Waals surface area contributed by atoms with Gasteiger partial charge in [-0.1, -0.05) is 42.5 Å². The molecule has 1 atom stereocenters. The molecule has 1 amide bonds. The smallest absolute Gasteiger partial charge is 0.241 e. The molecule has 2 aromatic rings. The summed E-state index contributed by atoms with van der Waals surface area (Å²) in [6.07, 6.45) is 2.31. The SMILES string of the molecule is CC(NS(=O)(=O)c1ccc(CCN2CCCC2=O)cc1)c1ccccc1. The molecule has 1 N–H and O–H groups in total. The van der Waals surface area contributed by atoms with Crippen LogP contribution in [0.15, 0.2) is 59.5 Å². The van der Waals surface area contributed by atoms with Crippen LogP contribution in [0, 0.1) is 0 Å². The zero-order valence-electron chi connectivity index (χ0n) is 14.9. The zero-order chi connectivity index (χ0) is 18.6. The minimum Gasteiger partial charge on any atom is -0.342 e. The fourth-order valence-corrected chi connectivity index (χ4v) is 4.38. The lowest BCUT2D eigenvalue weighted by atomic mass is 10.1.